The number of hydrogen-bond donors (Lipinski definition) is 0. The zero-order valence-electron chi connectivity index (χ0n) is 29.5. The van der Waals surface area contributed by atoms with Crippen LogP contribution in [0.5, 0.6) is 0 Å². The summed E-state index contributed by atoms with van der Waals surface area (Å²) >= 11 is 0. The molecule has 11 aromatic rings. The zero-order valence-corrected chi connectivity index (χ0v) is 29.5. The van der Waals surface area contributed by atoms with Crippen molar-refractivity contribution in [1.29, 1.82) is 0 Å². The van der Waals surface area contributed by atoms with Crippen LogP contribution in [0.2, 0.25) is 0 Å². The van der Waals surface area contributed by atoms with E-state index in [1.54, 1.807) is 0 Å². The third-order valence-corrected chi connectivity index (χ3v) is 10.4. The van der Waals surface area contributed by atoms with Crippen molar-refractivity contribution in [2.24, 2.45) is 0 Å². The molecule has 3 heterocycles. The molecule has 0 fully saturated rings. The van der Waals surface area contributed by atoms with Crippen LogP contribution < -0.4 is 4.90 Å². The molecule has 55 heavy (non-hydrogen) atoms. The molecule has 11 rings (SSSR count). The number of para-hydroxylation sites is 2. The van der Waals surface area contributed by atoms with Crippen LogP contribution in [-0.4, -0.2) is 19.5 Å². The van der Waals surface area contributed by atoms with Gasteiger partial charge in [0, 0.05) is 49.7 Å². The number of anilines is 3. The van der Waals surface area contributed by atoms with Gasteiger partial charge in [0.05, 0.1) is 16.4 Å². The van der Waals surface area contributed by atoms with Gasteiger partial charge >= 0.3 is 0 Å². The highest BCUT2D eigenvalue weighted by Gasteiger charge is 2.24. The molecule has 6 nitrogen and oxygen atoms in total. The van der Waals surface area contributed by atoms with Crippen LogP contribution in [0, 0.1) is 0 Å². The van der Waals surface area contributed by atoms with E-state index >= 15 is 0 Å². The lowest BCUT2D eigenvalue weighted by Crippen LogP contribution is -2.10. The Balaban J connectivity index is 1.26. The summed E-state index contributed by atoms with van der Waals surface area (Å²) in [6, 6.07) is 64.9. The monoisotopic (exact) mass is 705 g/mol. The Morgan fingerprint density at radius 3 is 1.60 bits per heavy atom. The van der Waals surface area contributed by atoms with Crippen molar-refractivity contribution < 1.29 is 4.42 Å². The van der Waals surface area contributed by atoms with Gasteiger partial charge in [0.2, 0.25) is 5.95 Å². The maximum absolute atomic E-state index is 6.96. The summed E-state index contributed by atoms with van der Waals surface area (Å²) in [7, 11) is 0. The van der Waals surface area contributed by atoms with Crippen molar-refractivity contribution in [2.45, 2.75) is 0 Å². The molecule has 0 bridgehead atoms. The van der Waals surface area contributed by atoms with Gasteiger partial charge in [0.1, 0.15) is 11.2 Å². The van der Waals surface area contributed by atoms with Crippen LogP contribution in [-0.2, 0) is 0 Å². The molecule has 0 unspecified atom stereocenters. The summed E-state index contributed by atoms with van der Waals surface area (Å²) in [5.74, 6) is 1.72. The predicted octanol–water partition coefficient (Wildman–Crippen LogP) is 12.8. The van der Waals surface area contributed by atoms with E-state index in [1.165, 1.54) is 0 Å². The number of nitrogens with zero attached hydrogens (tertiary/aromatic N) is 5. The molecule has 0 aliphatic heterocycles. The Kier molecular flexibility index (Phi) is 7.07. The van der Waals surface area contributed by atoms with Gasteiger partial charge in [-0.25, -0.2) is 4.98 Å². The van der Waals surface area contributed by atoms with E-state index in [2.05, 4.69) is 125 Å². The van der Waals surface area contributed by atoms with Gasteiger partial charge in [-0.15, -0.1) is 0 Å². The summed E-state index contributed by atoms with van der Waals surface area (Å²) in [4.78, 5) is 17.7. The first-order chi connectivity index (χ1) is 27.3. The quantitative estimate of drug-likeness (QED) is 0.172. The highest BCUT2D eigenvalue weighted by molar-refractivity contribution is 6.26. The van der Waals surface area contributed by atoms with Gasteiger partial charge in [-0.3, -0.25) is 4.57 Å². The maximum atomic E-state index is 6.96. The third-order valence-electron chi connectivity index (χ3n) is 10.4. The lowest BCUT2D eigenvalue weighted by Gasteiger charge is -2.25. The van der Waals surface area contributed by atoms with Gasteiger partial charge in [0.25, 0.3) is 0 Å². The van der Waals surface area contributed by atoms with Gasteiger partial charge in [-0.1, -0.05) is 127 Å². The van der Waals surface area contributed by atoms with Crippen molar-refractivity contribution in [3.05, 3.63) is 188 Å². The SMILES string of the molecule is c1ccc(-c2nc(-c3ccccc3)nc(-n3c4cc(N(c5ccccc5)c5ccccc5)ccc4c4c5oc6c7ccccc7ccc6c5ccc43)n2)cc1. The molecule has 3 aromatic heterocycles. The number of rotatable bonds is 6. The zero-order chi connectivity index (χ0) is 36.3. The molecule has 8 aromatic carbocycles. The van der Waals surface area contributed by atoms with E-state index in [1.807, 2.05) is 72.8 Å². The van der Waals surface area contributed by atoms with Gasteiger partial charge in [0.15, 0.2) is 11.6 Å². The van der Waals surface area contributed by atoms with Crippen LogP contribution in [0.15, 0.2) is 192 Å². The van der Waals surface area contributed by atoms with E-state index in [4.69, 9.17) is 19.4 Å². The average molecular weight is 706 g/mol. The lowest BCUT2D eigenvalue weighted by molar-refractivity contribution is 0.676. The normalized spacial score (nSPS) is 11.6. The van der Waals surface area contributed by atoms with E-state index in [0.717, 1.165) is 82.7 Å². The van der Waals surface area contributed by atoms with Crippen LogP contribution >= 0.6 is 0 Å². The third kappa shape index (κ3) is 5.07. The van der Waals surface area contributed by atoms with Crippen LogP contribution in [0.25, 0.3) is 83.2 Å². The summed E-state index contributed by atoms with van der Waals surface area (Å²) in [5, 5.41) is 6.44. The minimum atomic E-state index is 0.525. The molecule has 0 amide bonds. The fraction of sp³-hybridized carbons (Fsp3) is 0. The second kappa shape index (κ2) is 12.5. The summed E-state index contributed by atoms with van der Waals surface area (Å²) in [5.41, 5.74) is 8.55. The van der Waals surface area contributed by atoms with Gasteiger partial charge in [-0.2, -0.15) is 9.97 Å². The second-order valence-corrected chi connectivity index (χ2v) is 13.7. The van der Waals surface area contributed by atoms with Crippen molar-refractivity contribution in [1.82, 2.24) is 19.5 Å². The smallest absolute Gasteiger partial charge is 0.238 e. The molecule has 6 heteroatoms. The van der Waals surface area contributed by atoms with Crippen molar-refractivity contribution in [2.75, 3.05) is 4.90 Å². The second-order valence-electron chi connectivity index (χ2n) is 13.7. The Morgan fingerprint density at radius 2 is 0.945 bits per heavy atom. The average Bonchev–Trinajstić information content (AvgIpc) is 3.81. The van der Waals surface area contributed by atoms with Crippen LogP contribution in [0.1, 0.15) is 0 Å². The first kappa shape index (κ1) is 31.0. The van der Waals surface area contributed by atoms with Crippen LogP contribution in [0.3, 0.4) is 0 Å². The molecular weight excluding hydrogens is 675 g/mol. The molecule has 0 aliphatic carbocycles. The Bertz CT molecular complexity index is 3100. The fourth-order valence-electron chi connectivity index (χ4n) is 7.90. The number of furan rings is 1. The summed E-state index contributed by atoms with van der Waals surface area (Å²) in [6.07, 6.45) is 0. The van der Waals surface area contributed by atoms with Crippen molar-refractivity contribution >= 4 is 71.6 Å². The molecule has 0 saturated carbocycles. The maximum Gasteiger partial charge on any atom is 0.238 e. The lowest BCUT2D eigenvalue weighted by atomic mass is 10.0. The Labute approximate surface area is 316 Å². The molecule has 258 valence electrons. The predicted molar refractivity (Wildman–Crippen MR) is 225 cm³/mol. The Hall–Kier alpha value is -7.57. The molecular formula is C49H31N5O. The first-order valence-electron chi connectivity index (χ1n) is 18.4. The highest BCUT2D eigenvalue weighted by atomic mass is 16.3. The number of benzene rings is 8. The molecule has 0 atom stereocenters. The van der Waals surface area contributed by atoms with E-state index < -0.39 is 0 Å². The van der Waals surface area contributed by atoms with Crippen LogP contribution in [0.4, 0.5) is 17.1 Å². The number of hydrogen-bond acceptors (Lipinski definition) is 5. The minimum absolute atomic E-state index is 0.525. The standard InChI is InChI=1S/C49H31N5O/c1-5-16-33(17-6-1)47-50-48(34-18-7-2-8-19-34)52-49(51-47)54-42-30-29-40-39-27-25-32-15-13-14-24-38(32)45(39)55-46(40)44(42)41-28-26-37(31-43(41)54)53(35-20-9-3-10-21-35)36-22-11-4-12-23-36/h1-31H. The molecule has 0 aliphatic rings. The molecule has 0 spiro atoms. The van der Waals surface area contributed by atoms with E-state index in [9.17, 15) is 0 Å². The van der Waals surface area contributed by atoms with Gasteiger partial charge < -0.3 is 9.32 Å². The summed E-state index contributed by atoms with van der Waals surface area (Å²) < 4.78 is 9.14. The molecule has 0 radical (unpaired) electrons. The highest BCUT2D eigenvalue weighted by Crippen LogP contribution is 2.44. The Morgan fingerprint density at radius 1 is 0.400 bits per heavy atom. The van der Waals surface area contributed by atoms with E-state index in [0.29, 0.717) is 17.6 Å². The van der Waals surface area contributed by atoms with Crippen molar-refractivity contribution in [3.63, 3.8) is 0 Å². The number of fused-ring (bicyclic) bond motifs is 9. The minimum Gasteiger partial charge on any atom is -0.455 e. The topological polar surface area (TPSA) is 60.0 Å². The van der Waals surface area contributed by atoms with Crippen molar-refractivity contribution in [3.8, 4) is 28.7 Å². The largest absolute Gasteiger partial charge is 0.455 e. The van der Waals surface area contributed by atoms with Gasteiger partial charge in [-0.05, 0) is 66.0 Å². The van der Waals surface area contributed by atoms with E-state index in [-0.39, 0.29) is 0 Å². The summed E-state index contributed by atoms with van der Waals surface area (Å²) in [6.45, 7) is 0. The molecule has 0 N–H and O–H groups in total. The number of aromatic nitrogens is 4. The fourth-order valence-corrected chi connectivity index (χ4v) is 7.90. The molecule has 0 saturated heterocycles. The first-order valence-corrected chi connectivity index (χ1v) is 18.4.